The summed E-state index contributed by atoms with van der Waals surface area (Å²) in [4.78, 5) is 24.5. The van der Waals surface area contributed by atoms with E-state index >= 15 is 0 Å². The van der Waals surface area contributed by atoms with Crippen molar-refractivity contribution in [3.63, 3.8) is 0 Å². The average molecular weight is 395 g/mol. The van der Waals surface area contributed by atoms with Gasteiger partial charge in [0.15, 0.2) is 17.6 Å². The van der Waals surface area contributed by atoms with Gasteiger partial charge in [-0.15, -0.1) is 0 Å². The summed E-state index contributed by atoms with van der Waals surface area (Å²) in [5.41, 5.74) is 2.52. The standard InChI is InChI=1S/C23H25NO5/c1-15(2)18-6-4-5-7-19(18)24-23(26)16(3)29-22(25)11-9-17-8-10-20-21(14-17)28-13-12-27-20/h4-11,14-16H,12-13H2,1-3H3,(H,24,26)/b11-9+/t16-/m1/s1. The lowest BCUT2D eigenvalue weighted by Crippen LogP contribution is -2.29. The third-order valence-electron chi connectivity index (χ3n) is 4.48. The number of rotatable bonds is 6. The number of amides is 1. The third-order valence-corrected chi connectivity index (χ3v) is 4.48. The number of hydrogen-bond donors (Lipinski definition) is 1. The van der Waals surface area contributed by atoms with Crippen LogP contribution in [-0.2, 0) is 14.3 Å². The number of benzene rings is 2. The van der Waals surface area contributed by atoms with E-state index < -0.39 is 12.1 Å². The highest BCUT2D eigenvalue weighted by Crippen LogP contribution is 2.31. The Labute approximate surface area is 170 Å². The number of nitrogens with one attached hydrogen (secondary N) is 1. The highest BCUT2D eigenvalue weighted by molar-refractivity contribution is 5.97. The molecular formula is C23H25NO5. The number of ether oxygens (including phenoxy) is 3. The molecule has 0 saturated heterocycles. The van der Waals surface area contributed by atoms with Crippen molar-refractivity contribution >= 4 is 23.6 Å². The van der Waals surface area contributed by atoms with Crippen LogP contribution < -0.4 is 14.8 Å². The van der Waals surface area contributed by atoms with Gasteiger partial charge in [-0.2, -0.15) is 0 Å². The van der Waals surface area contributed by atoms with Gasteiger partial charge in [0.2, 0.25) is 0 Å². The van der Waals surface area contributed by atoms with Crippen LogP contribution in [0.5, 0.6) is 11.5 Å². The van der Waals surface area contributed by atoms with E-state index in [0.717, 1.165) is 16.8 Å². The summed E-state index contributed by atoms with van der Waals surface area (Å²) in [7, 11) is 0. The molecule has 6 heteroatoms. The van der Waals surface area contributed by atoms with Crippen molar-refractivity contribution in [2.24, 2.45) is 0 Å². The first kappa shape index (κ1) is 20.5. The Morgan fingerprint density at radius 3 is 2.52 bits per heavy atom. The second-order valence-corrected chi connectivity index (χ2v) is 7.05. The Kier molecular flexibility index (Phi) is 6.54. The van der Waals surface area contributed by atoms with Gasteiger partial charge in [0.25, 0.3) is 5.91 Å². The van der Waals surface area contributed by atoms with Crippen molar-refractivity contribution in [3.05, 3.63) is 59.7 Å². The third kappa shape index (κ3) is 5.38. The van der Waals surface area contributed by atoms with E-state index in [1.165, 1.54) is 6.08 Å². The second kappa shape index (κ2) is 9.28. The molecule has 1 N–H and O–H groups in total. The molecule has 3 rings (SSSR count). The van der Waals surface area contributed by atoms with Crippen molar-refractivity contribution in [1.82, 2.24) is 0 Å². The first-order valence-corrected chi connectivity index (χ1v) is 9.62. The zero-order valence-electron chi connectivity index (χ0n) is 16.8. The monoisotopic (exact) mass is 395 g/mol. The maximum atomic E-state index is 12.4. The van der Waals surface area contributed by atoms with Gasteiger partial charge in [-0.1, -0.05) is 38.1 Å². The van der Waals surface area contributed by atoms with E-state index in [1.807, 2.05) is 30.3 Å². The summed E-state index contributed by atoms with van der Waals surface area (Å²) in [5.74, 6) is 0.614. The summed E-state index contributed by atoms with van der Waals surface area (Å²) in [6, 6.07) is 13.0. The largest absolute Gasteiger partial charge is 0.486 e. The molecule has 1 heterocycles. The van der Waals surface area contributed by atoms with Crippen LogP contribution in [0.25, 0.3) is 6.08 Å². The zero-order chi connectivity index (χ0) is 20.8. The van der Waals surface area contributed by atoms with Crippen molar-refractivity contribution in [1.29, 1.82) is 0 Å². The fraction of sp³-hybridized carbons (Fsp3) is 0.304. The van der Waals surface area contributed by atoms with Gasteiger partial charge in [0.05, 0.1) is 0 Å². The lowest BCUT2D eigenvalue weighted by atomic mass is 10.0. The van der Waals surface area contributed by atoms with E-state index in [-0.39, 0.29) is 11.8 Å². The summed E-state index contributed by atoms with van der Waals surface area (Å²) >= 11 is 0. The molecular weight excluding hydrogens is 370 g/mol. The molecule has 29 heavy (non-hydrogen) atoms. The van der Waals surface area contributed by atoms with Crippen molar-refractivity contribution < 1.29 is 23.8 Å². The van der Waals surface area contributed by atoms with Gasteiger partial charge < -0.3 is 19.5 Å². The van der Waals surface area contributed by atoms with Crippen LogP contribution in [0.3, 0.4) is 0 Å². The fourth-order valence-electron chi connectivity index (χ4n) is 2.94. The Morgan fingerprint density at radius 2 is 1.76 bits per heavy atom. The minimum Gasteiger partial charge on any atom is -0.486 e. The first-order valence-electron chi connectivity index (χ1n) is 9.62. The summed E-state index contributed by atoms with van der Waals surface area (Å²) < 4.78 is 16.2. The Morgan fingerprint density at radius 1 is 1.03 bits per heavy atom. The molecule has 152 valence electrons. The van der Waals surface area contributed by atoms with Gasteiger partial charge in [-0.25, -0.2) is 4.79 Å². The van der Waals surface area contributed by atoms with Crippen molar-refractivity contribution in [3.8, 4) is 11.5 Å². The predicted octanol–water partition coefficient (Wildman–Crippen LogP) is 4.16. The minimum atomic E-state index is -0.923. The topological polar surface area (TPSA) is 73.9 Å². The van der Waals surface area contributed by atoms with E-state index in [2.05, 4.69) is 19.2 Å². The van der Waals surface area contributed by atoms with E-state index in [4.69, 9.17) is 14.2 Å². The molecule has 1 aliphatic rings. The molecule has 0 aromatic heterocycles. The Bertz CT molecular complexity index is 919. The summed E-state index contributed by atoms with van der Waals surface area (Å²) in [5, 5.41) is 2.83. The van der Waals surface area contributed by atoms with Crippen molar-refractivity contribution in [2.75, 3.05) is 18.5 Å². The van der Waals surface area contributed by atoms with Gasteiger partial charge in [-0.05, 0) is 48.2 Å². The molecule has 1 aliphatic heterocycles. The fourth-order valence-corrected chi connectivity index (χ4v) is 2.94. The first-order chi connectivity index (χ1) is 13.9. The lowest BCUT2D eigenvalue weighted by molar-refractivity contribution is -0.148. The number of anilines is 1. The maximum absolute atomic E-state index is 12.4. The molecule has 1 atom stereocenters. The number of para-hydroxylation sites is 1. The Hall–Kier alpha value is -3.28. The highest BCUT2D eigenvalue weighted by Gasteiger charge is 2.18. The number of carbonyl (C=O) groups excluding carboxylic acids is 2. The van der Waals surface area contributed by atoms with Crippen LogP contribution in [-0.4, -0.2) is 31.2 Å². The van der Waals surface area contributed by atoms with Crippen LogP contribution >= 0.6 is 0 Å². The number of esters is 1. The zero-order valence-corrected chi connectivity index (χ0v) is 16.8. The second-order valence-electron chi connectivity index (χ2n) is 7.05. The summed E-state index contributed by atoms with van der Waals surface area (Å²) in [6.45, 7) is 6.67. The lowest BCUT2D eigenvalue weighted by Gasteiger charge is -2.18. The molecule has 0 bridgehead atoms. The quantitative estimate of drug-likeness (QED) is 0.587. The van der Waals surface area contributed by atoms with Gasteiger partial charge >= 0.3 is 5.97 Å². The van der Waals surface area contributed by atoms with Crippen LogP contribution in [0, 0.1) is 0 Å². The normalized spacial score (nSPS) is 13.9. The molecule has 1 amide bonds. The minimum absolute atomic E-state index is 0.262. The van der Waals surface area contributed by atoms with E-state index in [0.29, 0.717) is 24.7 Å². The highest BCUT2D eigenvalue weighted by atomic mass is 16.6. The molecule has 0 fully saturated rings. The van der Waals surface area contributed by atoms with Gasteiger partial charge in [-0.3, -0.25) is 4.79 Å². The molecule has 0 radical (unpaired) electrons. The van der Waals surface area contributed by atoms with Gasteiger partial charge in [0.1, 0.15) is 13.2 Å². The maximum Gasteiger partial charge on any atom is 0.331 e. The number of carbonyl (C=O) groups is 2. The van der Waals surface area contributed by atoms with Crippen LogP contribution in [0.4, 0.5) is 5.69 Å². The predicted molar refractivity (Wildman–Crippen MR) is 111 cm³/mol. The molecule has 0 spiro atoms. The molecule has 0 aliphatic carbocycles. The molecule has 0 saturated carbocycles. The average Bonchev–Trinajstić information content (AvgIpc) is 2.72. The van der Waals surface area contributed by atoms with E-state index in [1.54, 1.807) is 25.1 Å². The van der Waals surface area contributed by atoms with E-state index in [9.17, 15) is 9.59 Å². The van der Waals surface area contributed by atoms with Gasteiger partial charge in [0, 0.05) is 11.8 Å². The SMILES string of the molecule is CC(C)c1ccccc1NC(=O)[C@@H](C)OC(=O)/C=C/c1ccc2c(c1)OCCO2. The number of fused-ring (bicyclic) bond motifs is 1. The van der Waals surface area contributed by atoms with Crippen LogP contribution in [0.2, 0.25) is 0 Å². The molecule has 6 nitrogen and oxygen atoms in total. The molecule has 2 aromatic rings. The molecule has 0 unspecified atom stereocenters. The van der Waals surface area contributed by atoms with Crippen LogP contribution in [0.1, 0.15) is 37.8 Å². The molecule has 2 aromatic carbocycles. The smallest absolute Gasteiger partial charge is 0.331 e. The number of hydrogen-bond acceptors (Lipinski definition) is 5. The Balaban J connectivity index is 1.57. The summed E-state index contributed by atoms with van der Waals surface area (Å²) in [6.07, 6.45) is 1.98. The van der Waals surface area contributed by atoms with Crippen LogP contribution in [0.15, 0.2) is 48.5 Å². The van der Waals surface area contributed by atoms with Crippen molar-refractivity contribution in [2.45, 2.75) is 32.8 Å².